The number of thioether (sulfide) groups is 1. The van der Waals surface area contributed by atoms with Crippen molar-refractivity contribution in [1.29, 1.82) is 0 Å². The van der Waals surface area contributed by atoms with E-state index >= 15 is 0 Å². The van der Waals surface area contributed by atoms with Crippen LogP contribution in [-0.2, 0) is 4.74 Å². The van der Waals surface area contributed by atoms with Crippen LogP contribution in [0.15, 0.2) is 15.7 Å². The van der Waals surface area contributed by atoms with E-state index in [4.69, 9.17) is 4.74 Å². The van der Waals surface area contributed by atoms with Crippen LogP contribution in [0, 0.1) is 0 Å². The van der Waals surface area contributed by atoms with Gasteiger partial charge in [0, 0.05) is 25.0 Å². The highest BCUT2D eigenvalue weighted by molar-refractivity contribution is 8.01. The largest absolute Gasteiger partial charge is 0.385 e. The lowest BCUT2D eigenvalue weighted by Gasteiger charge is -2.29. The van der Waals surface area contributed by atoms with E-state index < -0.39 is 0 Å². The second-order valence-electron chi connectivity index (χ2n) is 4.78. The van der Waals surface area contributed by atoms with E-state index in [-0.39, 0.29) is 0 Å². The fourth-order valence-electron chi connectivity index (χ4n) is 2.39. The normalized spacial score (nSPS) is 23.0. The maximum Gasteiger partial charge on any atom is 0.0649 e. The number of methoxy groups -OCH3 is 1. The summed E-state index contributed by atoms with van der Waals surface area (Å²) in [5.41, 5.74) is 1.53. The molecule has 0 saturated heterocycles. The fourth-order valence-corrected chi connectivity index (χ4v) is 5.10. The van der Waals surface area contributed by atoms with Crippen LogP contribution in [-0.4, -0.2) is 25.5 Å². The van der Waals surface area contributed by atoms with Crippen molar-refractivity contribution in [2.24, 2.45) is 0 Å². The second-order valence-corrected chi connectivity index (χ2v) is 7.27. The van der Waals surface area contributed by atoms with Crippen molar-refractivity contribution in [3.05, 3.63) is 17.0 Å². The van der Waals surface area contributed by atoms with Gasteiger partial charge in [-0.2, -0.15) is 0 Å². The summed E-state index contributed by atoms with van der Waals surface area (Å²) in [4.78, 5) is 0. The Balaban J connectivity index is 1.94. The summed E-state index contributed by atoms with van der Waals surface area (Å²) in [7, 11) is 1.79. The first-order valence-corrected chi connectivity index (χ1v) is 8.57. The third-order valence-electron chi connectivity index (χ3n) is 3.32. The Morgan fingerprint density at radius 1 is 1.50 bits per heavy atom. The number of nitrogens with one attached hydrogen (secondary N) is 1. The van der Waals surface area contributed by atoms with Crippen molar-refractivity contribution in [1.82, 2.24) is 5.32 Å². The van der Waals surface area contributed by atoms with Crippen LogP contribution in [0.1, 0.15) is 44.2 Å². The molecule has 0 fully saturated rings. The minimum atomic E-state index is 0.569. The topological polar surface area (TPSA) is 21.3 Å². The molecule has 0 spiro atoms. The first-order valence-electron chi connectivity index (χ1n) is 6.81. The van der Waals surface area contributed by atoms with Gasteiger partial charge in [0.2, 0.25) is 0 Å². The molecular formula is C14H23NOS2. The van der Waals surface area contributed by atoms with Crippen molar-refractivity contribution in [3.63, 3.8) is 0 Å². The molecule has 2 atom stereocenters. The van der Waals surface area contributed by atoms with Gasteiger partial charge in [-0.05, 0) is 49.2 Å². The van der Waals surface area contributed by atoms with E-state index in [2.05, 4.69) is 35.4 Å². The lowest BCUT2D eigenvalue weighted by atomic mass is 10.0. The van der Waals surface area contributed by atoms with E-state index in [9.17, 15) is 0 Å². The van der Waals surface area contributed by atoms with Crippen LogP contribution in [0.3, 0.4) is 0 Å². The van der Waals surface area contributed by atoms with Crippen molar-refractivity contribution in [2.45, 2.75) is 48.1 Å². The van der Waals surface area contributed by atoms with Crippen LogP contribution in [0.2, 0.25) is 0 Å². The zero-order valence-corrected chi connectivity index (χ0v) is 12.9. The van der Waals surface area contributed by atoms with Crippen molar-refractivity contribution in [3.8, 4) is 0 Å². The van der Waals surface area contributed by atoms with Gasteiger partial charge in [0.25, 0.3) is 0 Å². The van der Waals surface area contributed by atoms with Gasteiger partial charge < -0.3 is 10.1 Å². The predicted molar refractivity (Wildman–Crippen MR) is 80.7 cm³/mol. The number of ether oxygens (including phenoxy) is 1. The van der Waals surface area contributed by atoms with Gasteiger partial charge in [0.1, 0.15) is 0 Å². The molecule has 2 heterocycles. The van der Waals surface area contributed by atoms with Crippen molar-refractivity contribution < 1.29 is 4.74 Å². The smallest absolute Gasteiger partial charge is 0.0649 e. The Morgan fingerprint density at radius 3 is 3.17 bits per heavy atom. The molecule has 0 saturated carbocycles. The van der Waals surface area contributed by atoms with Gasteiger partial charge in [0.15, 0.2) is 0 Å². The Hall–Kier alpha value is -0.0300. The summed E-state index contributed by atoms with van der Waals surface area (Å²) in [6.45, 7) is 4.24. The average Bonchev–Trinajstić information content (AvgIpc) is 2.84. The maximum atomic E-state index is 5.16. The number of hydrogen-bond acceptors (Lipinski definition) is 4. The third kappa shape index (κ3) is 3.73. The summed E-state index contributed by atoms with van der Waals surface area (Å²) in [5.74, 6) is 0. The van der Waals surface area contributed by atoms with E-state index in [0.717, 1.165) is 18.4 Å². The summed E-state index contributed by atoms with van der Waals surface area (Å²) < 4.78 is 6.68. The lowest BCUT2D eigenvalue weighted by Crippen LogP contribution is -2.28. The Bertz CT molecular complexity index is 353. The Kier molecular flexibility index (Phi) is 6.02. The second kappa shape index (κ2) is 7.53. The molecule has 18 heavy (non-hydrogen) atoms. The molecular weight excluding hydrogens is 262 g/mol. The zero-order valence-electron chi connectivity index (χ0n) is 11.3. The highest BCUT2D eigenvalue weighted by atomic mass is 32.2. The van der Waals surface area contributed by atoms with Crippen molar-refractivity contribution >= 4 is 23.1 Å². The summed E-state index contributed by atoms with van der Waals surface area (Å²) in [5, 5.41) is 6.68. The minimum Gasteiger partial charge on any atom is -0.385 e. The number of rotatable bonds is 7. The molecule has 102 valence electrons. The third-order valence-corrected chi connectivity index (χ3v) is 5.83. The van der Waals surface area contributed by atoms with Gasteiger partial charge in [-0.25, -0.2) is 0 Å². The van der Waals surface area contributed by atoms with Gasteiger partial charge in [0.05, 0.1) is 4.21 Å². The molecule has 1 aromatic rings. The van der Waals surface area contributed by atoms with Crippen LogP contribution in [0.5, 0.6) is 0 Å². The van der Waals surface area contributed by atoms with E-state index in [1.165, 1.54) is 35.5 Å². The van der Waals surface area contributed by atoms with Gasteiger partial charge in [-0.1, -0.05) is 6.92 Å². The number of fused-ring (bicyclic) bond motifs is 1. The summed E-state index contributed by atoms with van der Waals surface area (Å²) >= 11 is 3.97. The van der Waals surface area contributed by atoms with Crippen LogP contribution in [0.25, 0.3) is 0 Å². The lowest BCUT2D eigenvalue weighted by molar-refractivity contribution is 0.192. The standard InChI is InChI=1S/C14H23NOS2/c1-3-7-15-13-10-11(5-4-8-16-2)18-14-12(13)6-9-17-14/h6,9,11,13,15H,3-5,7-8,10H2,1-2H3/t11-,13-/m0/s1. The molecule has 0 radical (unpaired) electrons. The molecule has 0 amide bonds. The Labute approximate surface area is 119 Å². The number of thiophene rings is 1. The summed E-state index contributed by atoms with van der Waals surface area (Å²) in [6, 6.07) is 2.87. The average molecular weight is 285 g/mol. The highest BCUT2D eigenvalue weighted by Crippen LogP contribution is 2.45. The summed E-state index contributed by atoms with van der Waals surface area (Å²) in [6.07, 6.45) is 4.91. The molecule has 0 aromatic carbocycles. The monoisotopic (exact) mass is 285 g/mol. The molecule has 2 nitrogen and oxygen atoms in total. The number of hydrogen-bond donors (Lipinski definition) is 1. The molecule has 1 N–H and O–H groups in total. The van der Waals surface area contributed by atoms with E-state index in [0.29, 0.717) is 6.04 Å². The maximum absolute atomic E-state index is 5.16. The molecule has 1 aliphatic rings. The van der Waals surface area contributed by atoms with Crippen LogP contribution in [0.4, 0.5) is 0 Å². The molecule has 2 rings (SSSR count). The fraction of sp³-hybridized carbons (Fsp3) is 0.714. The molecule has 1 aliphatic heterocycles. The first kappa shape index (κ1) is 14.4. The molecule has 0 aliphatic carbocycles. The van der Waals surface area contributed by atoms with Crippen LogP contribution < -0.4 is 5.32 Å². The Morgan fingerprint density at radius 2 is 2.39 bits per heavy atom. The van der Waals surface area contributed by atoms with E-state index in [1.807, 2.05) is 11.3 Å². The van der Waals surface area contributed by atoms with E-state index in [1.54, 1.807) is 7.11 Å². The molecule has 4 heteroatoms. The van der Waals surface area contributed by atoms with Crippen LogP contribution >= 0.6 is 23.1 Å². The molecule has 0 bridgehead atoms. The highest BCUT2D eigenvalue weighted by Gasteiger charge is 2.27. The molecule has 0 unspecified atom stereocenters. The predicted octanol–water partition coefficient (Wildman–Crippen LogP) is 4.08. The SMILES string of the molecule is CCCN[C@H]1C[C@H](CCCOC)Sc2sccc21. The van der Waals surface area contributed by atoms with Gasteiger partial charge in [-0.15, -0.1) is 23.1 Å². The van der Waals surface area contributed by atoms with Gasteiger partial charge in [-0.3, -0.25) is 0 Å². The quantitative estimate of drug-likeness (QED) is 0.763. The molecule has 1 aromatic heterocycles. The van der Waals surface area contributed by atoms with Gasteiger partial charge >= 0.3 is 0 Å². The van der Waals surface area contributed by atoms with Crippen molar-refractivity contribution in [2.75, 3.05) is 20.3 Å². The first-order chi connectivity index (χ1) is 8.85. The minimum absolute atomic E-state index is 0.569. The zero-order chi connectivity index (χ0) is 12.8.